The normalized spacial score (nSPS) is 21.4. The molecule has 1 aliphatic rings. The van der Waals surface area contributed by atoms with Gasteiger partial charge in [-0.25, -0.2) is 4.79 Å². The van der Waals surface area contributed by atoms with Crippen molar-refractivity contribution in [1.82, 2.24) is 4.90 Å². The molecule has 1 aromatic rings. The minimum absolute atomic E-state index is 0.377. The monoisotopic (exact) mass is 251 g/mol. The van der Waals surface area contributed by atoms with Crippen LogP contribution in [0.5, 0.6) is 0 Å². The van der Waals surface area contributed by atoms with Gasteiger partial charge < -0.3 is 5.11 Å². The number of hydrogen-bond donors (Lipinski definition) is 1. The zero-order chi connectivity index (χ0) is 12.3. The maximum absolute atomic E-state index is 10.9. The lowest BCUT2D eigenvalue weighted by Gasteiger charge is -2.30. The van der Waals surface area contributed by atoms with E-state index < -0.39 is 5.97 Å². The molecule has 1 saturated heterocycles. The topological polar surface area (TPSA) is 40.5 Å². The maximum Gasteiger partial charge on any atom is 0.335 e. The number of rotatable bonds is 3. The molecule has 92 valence electrons. The summed E-state index contributed by atoms with van der Waals surface area (Å²) < 4.78 is 0. The van der Waals surface area contributed by atoms with Gasteiger partial charge in [0.25, 0.3) is 0 Å². The van der Waals surface area contributed by atoms with Crippen molar-refractivity contribution < 1.29 is 9.90 Å². The Bertz CT molecular complexity index is 408. The van der Waals surface area contributed by atoms with Crippen LogP contribution in [0, 0.1) is 0 Å². The van der Waals surface area contributed by atoms with Crippen LogP contribution in [-0.4, -0.2) is 40.1 Å². The van der Waals surface area contributed by atoms with Gasteiger partial charge in [0, 0.05) is 30.6 Å². The van der Waals surface area contributed by atoms with Gasteiger partial charge in [0.05, 0.1) is 5.56 Å². The van der Waals surface area contributed by atoms with Gasteiger partial charge in [0.1, 0.15) is 0 Å². The summed E-state index contributed by atoms with van der Waals surface area (Å²) in [6.07, 6.45) is 0. The number of carboxylic acids is 1. The number of benzene rings is 1. The summed E-state index contributed by atoms with van der Waals surface area (Å²) in [6, 6.07) is 7.23. The molecule has 1 N–H and O–H groups in total. The lowest BCUT2D eigenvalue weighted by molar-refractivity contribution is 0.0696. The lowest BCUT2D eigenvalue weighted by Crippen LogP contribution is -2.36. The molecule has 17 heavy (non-hydrogen) atoms. The largest absolute Gasteiger partial charge is 0.478 e. The molecule has 1 aromatic carbocycles. The Kier molecular flexibility index (Phi) is 4.07. The van der Waals surface area contributed by atoms with Crippen LogP contribution >= 0.6 is 11.8 Å². The fourth-order valence-electron chi connectivity index (χ4n) is 2.10. The van der Waals surface area contributed by atoms with Gasteiger partial charge >= 0.3 is 5.97 Å². The number of carbonyl (C=O) groups is 1. The van der Waals surface area contributed by atoms with E-state index in [1.54, 1.807) is 12.1 Å². The number of aromatic carboxylic acids is 1. The average molecular weight is 251 g/mol. The van der Waals surface area contributed by atoms with Crippen LogP contribution in [0.2, 0.25) is 0 Å². The Morgan fingerprint density at radius 1 is 1.59 bits per heavy atom. The fourth-order valence-corrected chi connectivity index (χ4v) is 3.18. The number of hydrogen-bond acceptors (Lipinski definition) is 3. The second-order valence-electron chi connectivity index (χ2n) is 4.42. The van der Waals surface area contributed by atoms with Crippen LogP contribution in [0.15, 0.2) is 24.3 Å². The van der Waals surface area contributed by atoms with Crippen molar-refractivity contribution in [1.29, 1.82) is 0 Å². The Morgan fingerprint density at radius 3 is 3.12 bits per heavy atom. The highest BCUT2D eigenvalue weighted by Crippen LogP contribution is 2.19. The van der Waals surface area contributed by atoms with Crippen molar-refractivity contribution in [2.45, 2.75) is 18.7 Å². The number of thioether (sulfide) groups is 1. The third-order valence-corrected chi connectivity index (χ3v) is 4.04. The van der Waals surface area contributed by atoms with Crippen molar-refractivity contribution in [2.75, 3.05) is 18.8 Å². The van der Waals surface area contributed by atoms with Gasteiger partial charge in [-0.2, -0.15) is 11.8 Å². The summed E-state index contributed by atoms with van der Waals surface area (Å²) in [6.45, 7) is 5.27. The first-order valence-corrected chi connectivity index (χ1v) is 6.86. The van der Waals surface area contributed by atoms with Gasteiger partial charge in [-0.3, -0.25) is 4.90 Å². The van der Waals surface area contributed by atoms with Crippen LogP contribution in [0.4, 0.5) is 0 Å². The summed E-state index contributed by atoms with van der Waals surface area (Å²) in [5.41, 5.74) is 1.46. The molecule has 1 unspecified atom stereocenters. The Labute approximate surface area is 106 Å². The van der Waals surface area contributed by atoms with Gasteiger partial charge in [-0.15, -0.1) is 0 Å². The van der Waals surface area contributed by atoms with E-state index in [1.807, 2.05) is 23.9 Å². The molecule has 1 aliphatic heterocycles. The predicted octanol–water partition coefficient (Wildman–Crippen LogP) is 2.32. The maximum atomic E-state index is 10.9. The van der Waals surface area contributed by atoms with E-state index in [1.165, 1.54) is 5.75 Å². The van der Waals surface area contributed by atoms with Gasteiger partial charge in [-0.1, -0.05) is 19.1 Å². The number of carboxylic acid groups (broad SMARTS) is 1. The zero-order valence-electron chi connectivity index (χ0n) is 9.93. The van der Waals surface area contributed by atoms with Crippen molar-refractivity contribution >= 4 is 17.7 Å². The van der Waals surface area contributed by atoms with Crippen LogP contribution in [0.3, 0.4) is 0 Å². The molecule has 1 heterocycles. The highest BCUT2D eigenvalue weighted by Gasteiger charge is 2.16. The summed E-state index contributed by atoms with van der Waals surface area (Å²) in [7, 11) is 0. The van der Waals surface area contributed by atoms with Crippen molar-refractivity contribution in [3.05, 3.63) is 35.4 Å². The van der Waals surface area contributed by atoms with E-state index in [-0.39, 0.29) is 0 Å². The average Bonchev–Trinajstić information content (AvgIpc) is 2.29. The van der Waals surface area contributed by atoms with E-state index in [0.717, 1.165) is 25.2 Å². The molecule has 0 aliphatic carbocycles. The molecule has 3 nitrogen and oxygen atoms in total. The molecule has 0 radical (unpaired) electrons. The van der Waals surface area contributed by atoms with Gasteiger partial charge in [-0.05, 0) is 17.7 Å². The molecule has 0 aromatic heterocycles. The summed E-state index contributed by atoms with van der Waals surface area (Å²) >= 11 is 2.00. The predicted molar refractivity (Wildman–Crippen MR) is 70.6 cm³/mol. The summed E-state index contributed by atoms with van der Waals surface area (Å²) in [5, 5.41) is 9.61. The molecular formula is C13H17NO2S. The lowest BCUT2D eigenvalue weighted by atomic mass is 10.1. The number of nitrogens with zero attached hydrogens (tertiary/aromatic N) is 1. The van der Waals surface area contributed by atoms with E-state index in [9.17, 15) is 4.79 Å². The molecule has 1 fully saturated rings. The van der Waals surface area contributed by atoms with Crippen molar-refractivity contribution in [2.24, 2.45) is 0 Å². The Balaban J connectivity index is 2.02. The Morgan fingerprint density at radius 2 is 2.41 bits per heavy atom. The van der Waals surface area contributed by atoms with Gasteiger partial charge in [0.15, 0.2) is 0 Å². The van der Waals surface area contributed by atoms with Gasteiger partial charge in [0.2, 0.25) is 0 Å². The third-order valence-electron chi connectivity index (χ3n) is 2.91. The second kappa shape index (κ2) is 5.56. The minimum atomic E-state index is -0.852. The molecule has 0 bridgehead atoms. The standard InChI is InChI=1S/C13H17NO2S/c1-10-8-14(5-6-17-10)9-11-3-2-4-12(7-11)13(15)16/h2-4,7,10H,5-6,8-9H2,1H3,(H,15,16). The second-order valence-corrected chi connectivity index (χ2v) is 5.97. The molecule has 0 saturated carbocycles. The SMILES string of the molecule is CC1CN(Cc2cccc(C(=O)O)c2)CCS1. The molecule has 0 amide bonds. The fraction of sp³-hybridized carbons (Fsp3) is 0.462. The molecule has 1 atom stereocenters. The highest BCUT2D eigenvalue weighted by atomic mass is 32.2. The van der Waals surface area contributed by atoms with Crippen molar-refractivity contribution in [3.63, 3.8) is 0 Å². The summed E-state index contributed by atoms with van der Waals surface area (Å²) in [4.78, 5) is 13.3. The van der Waals surface area contributed by atoms with E-state index in [2.05, 4.69) is 11.8 Å². The minimum Gasteiger partial charge on any atom is -0.478 e. The molecule has 0 spiro atoms. The van der Waals surface area contributed by atoms with Crippen molar-refractivity contribution in [3.8, 4) is 0 Å². The van der Waals surface area contributed by atoms with Crippen LogP contribution in [-0.2, 0) is 6.54 Å². The summed E-state index contributed by atoms with van der Waals surface area (Å²) in [5.74, 6) is 0.314. The molecule has 4 heteroatoms. The van der Waals surface area contributed by atoms with Crippen LogP contribution in [0.25, 0.3) is 0 Å². The van der Waals surface area contributed by atoms with E-state index >= 15 is 0 Å². The zero-order valence-corrected chi connectivity index (χ0v) is 10.7. The van der Waals surface area contributed by atoms with E-state index in [4.69, 9.17) is 5.11 Å². The smallest absolute Gasteiger partial charge is 0.335 e. The first-order valence-electron chi connectivity index (χ1n) is 5.81. The molecule has 2 rings (SSSR count). The quantitative estimate of drug-likeness (QED) is 0.895. The Hall–Kier alpha value is -1.00. The highest BCUT2D eigenvalue weighted by molar-refractivity contribution is 7.99. The first kappa shape index (κ1) is 12.5. The van der Waals surface area contributed by atoms with Crippen LogP contribution in [0.1, 0.15) is 22.8 Å². The third kappa shape index (κ3) is 3.48. The molecular weight excluding hydrogens is 234 g/mol. The first-order chi connectivity index (χ1) is 8.15. The van der Waals surface area contributed by atoms with E-state index in [0.29, 0.717) is 10.8 Å². The van der Waals surface area contributed by atoms with Crippen LogP contribution < -0.4 is 0 Å².